The summed E-state index contributed by atoms with van der Waals surface area (Å²) in [6.45, 7) is 1.58. The van der Waals surface area contributed by atoms with Crippen molar-refractivity contribution in [3.63, 3.8) is 0 Å². The number of carbonyl (C=O) groups is 1. The lowest BCUT2D eigenvalue weighted by Gasteiger charge is -2.13. The van der Waals surface area contributed by atoms with Gasteiger partial charge in [0.15, 0.2) is 0 Å². The fourth-order valence-corrected chi connectivity index (χ4v) is 1.78. The van der Waals surface area contributed by atoms with Gasteiger partial charge in [-0.05, 0) is 6.92 Å². The van der Waals surface area contributed by atoms with Crippen molar-refractivity contribution in [2.24, 2.45) is 5.73 Å². The van der Waals surface area contributed by atoms with E-state index < -0.39 is 35.7 Å². The van der Waals surface area contributed by atoms with Crippen LogP contribution in [0.4, 0.5) is 4.79 Å². The number of aliphatic hydroxyl groups excluding tert-OH is 1. The van der Waals surface area contributed by atoms with Gasteiger partial charge in [-0.15, -0.1) is 6.42 Å². The highest BCUT2D eigenvalue weighted by atomic mass is 16.5. The van der Waals surface area contributed by atoms with Crippen LogP contribution in [0.5, 0.6) is 0 Å². The van der Waals surface area contributed by atoms with Crippen molar-refractivity contribution in [1.29, 1.82) is 0 Å². The zero-order chi connectivity index (χ0) is 16.9. The van der Waals surface area contributed by atoms with Gasteiger partial charge in [-0.3, -0.25) is 19.6 Å². The Morgan fingerprint density at radius 2 is 2.23 bits per heavy atom. The van der Waals surface area contributed by atoms with E-state index in [1.54, 1.807) is 6.92 Å². The van der Waals surface area contributed by atoms with Crippen LogP contribution in [0.15, 0.2) is 15.8 Å². The lowest BCUT2D eigenvalue weighted by atomic mass is 10.2. The van der Waals surface area contributed by atoms with E-state index in [1.807, 2.05) is 0 Å². The molecule has 1 aromatic heterocycles. The van der Waals surface area contributed by atoms with E-state index >= 15 is 0 Å². The van der Waals surface area contributed by atoms with Crippen molar-refractivity contribution in [2.45, 2.75) is 31.8 Å². The first-order chi connectivity index (χ1) is 10.3. The molecule has 1 saturated heterocycles. The van der Waals surface area contributed by atoms with E-state index in [-0.39, 0.29) is 6.42 Å². The highest BCUT2D eigenvalue weighted by Gasteiger charge is 2.34. The van der Waals surface area contributed by atoms with Crippen LogP contribution in [0.2, 0.25) is 0 Å². The van der Waals surface area contributed by atoms with Gasteiger partial charge in [-0.2, -0.15) is 0 Å². The molecule has 10 nitrogen and oxygen atoms in total. The number of hydrogen-bond donors (Lipinski definition) is 5. The molecule has 1 aliphatic rings. The number of aromatic amines is 1. The first kappa shape index (κ1) is 17.4. The van der Waals surface area contributed by atoms with Crippen LogP contribution in [0.1, 0.15) is 18.2 Å². The second kappa shape index (κ2) is 7.41. The van der Waals surface area contributed by atoms with Crippen LogP contribution in [-0.4, -0.2) is 38.1 Å². The Kier molecular flexibility index (Phi) is 5.88. The largest absolute Gasteiger partial charge is 0.389 e. The summed E-state index contributed by atoms with van der Waals surface area (Å²) in [6.07, 6.45) is 4.63. The maximum absolute atomic E-state index is 11.6. The quantitative estimate of drug-likeness (QED) is 0.233. The maximum Gasteiger partial charge on any atom is 0.335 e. The Bertz CT molecular complexity index is 688. The molecule has 0 spiro atoms. The Hall–Kier alpha value is -2.61. The molecule has 0 aliphatic carbocycles. The number of aryl methyl sites for hydroxylation is 1. The summed E-state index contributed by atoms with van der Waals surface area (Å²) in [5.41, 5.74) is 4.85. The number of aliphatic hydroxyl groups is 1. The van der Waals surface area contributed by atoms with Crippen LogP contribution in [0.25, 0.3) is 0 Å². The van der Waals surface area contributed by atoms with E-state index in [0.717, 1.165) is 0 Å². The van der Waals surface area contributed by atoms with Crippen LogP contribution in [0.3, 0.4) is 0 Å². The molecule has 0 aromatic carbocycles. The normalized spacial score (nSPS) is 23.1. The van der Waals surface area contributed by atoms with E-state index in [0.29, 0.717) is 5.56 Å². The van der Waals surface area contributed by atoms with Gasteiger partial charge in [-0.1, -0.05) is 5.92 Å². The first-order valence-corrected chi connectivity index (χ1v) is 6.11. The average molecular weight is 312 g/mol. The number of primary amides is 1. The van der Waals surface area contributed by atoms with Gasteiger partial charge in [0.05, 0.1) is 6.10 Å². The minimum absolute atomic E-state index is 0.222. The fraction of sp³-hybridized carbons (Fsp3) is 0.417. The number of nitrogens with zero attached hydrogens (tertiary/aromatic N) is 1. The van der Waals surface area contributed by atoms with E-state index in [4.69, 9.17) is 16.4 Å². The third-order valence-corrected chi connectivity index (χ3v) is 2.83. The van der Waals surface area contributed by atoms with Crippen LogP contribution >= 0.6 is 0 Å². The Morgan fingerprint density at radius 3 is 2.68 bits per heavy atom. The topological polar surface area (TPSA) is 160 Å². The highest BCUT2D eigenvalue weighted by molar-refractivity contribution is 5.69. The Labute approximate surface area is 124 Å². The summed E-state index contributed by atoms with van der Waals surface area (Å²) < 4.78 is 6.57. The summed E-state index contributed by atoms with van der Waals surface area (Å²) in [4.78, 5) is 34.2. The van der Waals surface area contributed by atoms with Crippen molar-refractivity contribution in [3.05, 3.63) is 32.6 Å². The zero-order valence-corrected chi connectivity index (χ0v) is 11.6. The number of amides is 2. The predicted molar refractivity (Wildman–Crippen MR) is 73.9 cm³/mol. The molecule has 0 unspecified atom stereocenters. The number of H-pyrrole nitrogens is 1. The zero-order valence-electron chi connectivity index (χ0n) is 11.6. The lowest BCUT2D eigenvalue weighted by molar-refractivity contribution is 0.00962. The number of terminal acetylenes is 1. The fourth-order valence-electron chi connectivity index (χ4n) is 1.78. The number of rotatable bonds is 1. The molecule has 22 heavy (non-hydrogen) atoms. The van der Waals surface area contributed by atoms with Gasteiger partial charge >= 0.3 is 11.7 Å². The molecule has 6 N–H and O–H groups in total. The van der Waals surface area contributed by atoms with Gasteiger partial charge in [-0.25, -0.2) is 15.1 Å². The first-order valence-electron chi connectivity index (χ1n) is 6.11. The molecule has 2 heterocycles. The number of nitrogens with one attached hydrogen (secondary N) is 2. The summed E-state index contributed by atoms with van der Waals surface area (Å²) >= 11 is 0. The minimum Gasteiger partial charge on any atom is -0.389 e. The minimum atomic E-state index is -0.940. The van der Waals surface area contributed by atoms with Gasteiger partial charge < -0.3 is 15.6 Å². The highest BCUT2D eigenvalue weighted by Crippen LogP contribution is 2.26. The summed E-state index contributed by atoms with van der Waals surface area (Å²) in [5.74, 6) is 2.30. The van der Waals surface area contributed by atoms with Gasteiger partial charge in [0.25, 0.3) is 5.56 Å². The molecule has 1 aliphatic heterocycles. The monoisotopic (exact) mass is 312 g/mol. The molecule has 0 saturated carbocycles. The van der Waals surface area contributed by atoms with E-state index in [1.165, 1.54) is 16.2 Å². The van der Waals surface area contributed by atoms with Crippen molar-refractivity contribution in [3.8, 4) is 12.3 Å². The molecule has 3 atom stereocenters. The number of carbonyl (C=O) groups excluding carboxylic acids is 1. The molecule has 1 fully saturated rings. The Morgan fingerprint density at radius 1 is 1.64 bits per heavy atom. The van der Waals surface area contributed by atoms with Crippen LogP contribution in [-0.2, 0) is 4.74 Å². The SMILES string of the molecule is C#C[C@H]1O[C@@H](n2cc(C)c(=O)[nH]c2=O)C[C@@H]1O.NC(=O)NO. The van der Waals surface area contributed by atoms with Gasteiger partial charge in [0, 0.05) is 18.2 Å². The van der Waals surface area contributed by atoms with Crippen molar-refractivity contribution in [2.75, 3.05) is 0 Å². The van der Waals surface area contributed by atoms with E-state index in [9.17, 15) is 19.5 Å². The second-order valence-corrected chi connectivity index (χ2v) is 4.44. The molecular formula is C12H16N4O6. The molecule has 120 valence electrons. The van der Waals surface area contributed by atoms with Crippen LogP contribution in [0, 0.1) is 19.3 Å². The molecular weight excluding hydrogens is 296 g/mol. The van der Waals surface area contributed by atoms with Crippen molar-refractivity contribution < 1.29 is 19.8 Å². The third-order valence-electron chi connectivity index (χ3n) is 2.83. The third kappa shape index (κ3) is 4.19. The number of hydrogen-bond acceptors (Lipinski definition) is 6. The van der Waals surface area contributed by atoms with Gasteiger partial charge in [0.1, 0.15) is 12.3 Å². The number of ether oxygens (including phenoxy) is 1. The van der Waals surface area contributed by atoms with Crippen LogP contribution < -0.4 is 22.5 Å². The molecule has 0 bridgehead atoms. The summed E-state index contributed by atoms with van der Waals surface area (Å²) in [7, 11) is 0. The number of urea groups is 1. The average Bonchev–Trinajstić information content (AvgIpc) is 2.84. The van der Waals surface area contributed by atoms with E-state index in [2.05, 4.69) is 16.6 Å². The molecule has 0 radical (unpaired) electrons. The summed E-state index contributed by atoms with van der Waals surface area (Å²) in [6, 6.07) is -0.940. The number of hydroxylamine groups is 1. The number of nitrogens with two attached hydrogens (primary N) is 1. The van der Waals surface area contributed by atoms with Crippen molar-refractivity contribution >= 4 is 6.03 Å². The maximum atomic E-state index is 11.6. The molecule has 2 rings (SSSR count). The molecule has 1 aromatic rings. The molecule has 10 heteroatoms. The Balaban J connectivity index is 0.000000422. The second-order valence-electron chi connectivity index (χ2n) is 4.44. The number of aromatic nitrogens is 2. The molecule has 2 amide bonds. The smallest absolute Gasteiger partial charge is 0.335 e. The van der Waals surface area contributed by atoms with Gasteiger partial charge in [0.2, 0.25) is 0 Å². The van der Waals surface area contributed by atoms with Crippen molar-refractivity contribution in [1.82, 2.24) is 15.0 Å². The lowest BCUT2D eigenvalue weighted by Crippen LogP contribution is -2.33. The summed E-state index contributed by atoms with van der Waals surface area (Å²) in [5, 5.41) is 17.0. The standard InChI is InChI=1S/C11H12N2O4.CH4N2O2/c1-3-8-7(14)4-9(17-8)13-5-6(2)10(15)12-11(13)16;2-1(4)3-5/h1,5,7-9,14H,4H2,2H3,(H,12,15,16);5H,(H3,2,3,4)/t7-,8+,9+;/m0./s1. The predicted octanol–water partition coefficient (Wildman–Crippen LogP) is -1.83.